The van der Waals surface area contributed by atoms with Crippen molar-refractivity contribution < 1.29 is 39.5 Å². The fourth-order valence-electron chi connectivity index (χ4n) is 1.77. The lowest BCUT2D eigenvalue weighted by atomic mass is 10.0. The van der Waals surface area contributed by atoms with E-state index in [1.807, 2.05) is 0 Å². The van der Waals surface area contributed by atoms with Gasteiger partial charge in [0.2, 0.25) is 0 Å². The lowest BCUT2D eigenvalue weighted by Crippen LogP contribution is -2.59. The fourth-order valence-corrected chi connectivity index (χ4v) is 4.05. The molecule has 0 aliphatic rings. The van der Waals surface area contributed by atoms with Crippen molar-refractivity contribution in [1.82, 2.24) is 9.97 Å². The molecule has 1 aromatic carbocycles. The fraction of sp³-hybridized carbons (Fsp3) is 0.364. The molecule has 1 heterocycles. The Balaban J connectivity index is 2.74. The number of benzene rings is 1. The summed E-state index contributed by atoms with van der Waals surface area (Å²) >= 11 is 11.9. The van der Waals surface area contributed by atoms with Gasteiger partial charge in [-0.25, -0.2) is 4.98 Å². The third-order valence-corrected chi connectivity index (χ3v) is 7.90. The summed E-state index contributed by atoms with van der Waals surface area (Å²) in [6, 6.07) is 0. The Kier molecular flexibility index (Phi) is 5.57. The van der Waals surface area contributed by atoms with Crippen LogP contribution in [0.5, 0.6) is 0 Å². The molecule has 0 aliphatic heterocycles. The number of aromatic amines is 1. The van der Waals surface area contributed by atoms with Crippen molar-refractivity contribution in [3.05, 3.63) is 23.7 Å². The maximum Gasteiger partial charge on any atom is 0.460 e. The molecule has 0 radical (unpaired) electrons. The molecule has 0 saturated heterocycles. The maximum absolute atomic E-state index is 14.0. The molecule has 1 N–H and O–H groups in total. The average Bonchev–Trinajstić information content (AvgIpc) is 2.95. The van der Waals surface area contributed by atoms with Gasteiger partial charge in [0.1, 0.15) is 5.52 Å². The molecule has 2 rings (SSSR count). The highest BCUT2D eigenvalue weighted by atomic mass is 79.9. The van der Waals surface area contributed by atoms with E-state index in [2.05, 4.69) is 68.7 Å². The lowest BCUT2D eigenvalue weighted by Gasteiger charge is -2.32. The third-order valence-electron chi connectivity index (χ3n) is 3.15. The Morgan fingerprint density at radius 1 is 0.654 bits per heavy atom. The molecule has 0 bridgehead atoms. The standard InChI is InChI=1S/C11HBr4F9N2/c12-1-2(13)4(15)6-5(3(1)14)25-7(26-6)8(16,17)9(18,19)10(20,21)11(22,23)24/h(H,25,26). The number of rotatable bonds is 3. The van der Waals surface area contributed by atoms with Gasteiger partial charge in [0.15, 0.2) is 5.82 Å². The number of nitrogens with one attached hydrogen (secondary N) is 1. The molecule has 26 heavy (non-hydrogen) atoms. The van der Waals surface area contributed by atoms with Crippen LogP contribution >= 0.6 is 63.7 Å². The Morgan fingerprint density at radius 3 is 1.58 bits per heavy atom. The molecule has 2 nitrogen and oxygen atoms in total. The van der Waals surface area contributed by atoms with E-state index in [9.17, 15) is 39.5 Å². The van der Waals surface area contributed by atoms with Crippen molar-refractivity contribution >= 4 is 74.8 Å². The highest BCUT2D eigenvalue weighted by molar-refractivity contribution is 9.15. The third kappa shape index (κ3) is 3.00. The highest BCUT2D eigenvalue weighted by Gasteiger charge is 2.82. The molecule has 1 aromatic heterocycles. The van der Waals surface area contributed by atoms with Crippen molar-refractivity contribution in [1.29, 1.82) is 0 Å². The van der Waals surface area contributed by atoms with Crippen LogP contribution in [-0.2, 0) is 5.92 Å². The minimum Gasteiger partial charge on any atom is -0.336 e. The second kappa shape index (κ2) is 6.51. The van der Waals surface area contributed by atoms with Crippen molar-refractivity contribution in [2.45, 2.75) is 23.9 Å². The smallest absolute Gasteiger partial charge is 0.336 e. The van der Waals surface area contributed by atoms with Crippen LogP contribution in [0.15, 0.2) is 17.9 Å². The zero-order valence-corrected chi connectivity index (χ0v) is 17.7. The minimum absolute atomic E-state index is 0.0111. The molecule has 146 valence electrons. The quantitative estimate of drug-likeness (QED) is 0.208. The molecular weight excluding hydrogens is 651 g/mol. The number of alkyl halides is 9. The zero-order chi connectivity index (χ0) is 20.5. The summed E-state index contributed by atoms with van der Waals surface area (Å²) in [5.74, 6) is -21.8. The number of H-pyrrole nitrogens is 1. The second-order valence-corrected chi connectivity index (χ2v) is 7.96. The predicted octanol–water partition coefficient (Wildman–Crippen LogP) is 7.54. The first-order valence-corrected chi connectivity index (χ1v) is 9.08. The minimum atomic E-state index is -7.00. The molecule has 0 atom stereocenters. The Bertz CT molecular complexity index is 830. The van der Waals surface area contributed by atoms with Crippen LogP contribution in [-0.4, -0.2) is 28.0 Å². The van der Waals surface area contributed by atoms with Crippen LogP contribution in [0, 0.1) is 0 Å². The first-order chi connectivity index (χ1) is 11.5. The Hall–Kier alpha value is -0.0200. The number of imidazole rings is 1. The van der Waals surface area contributed by atoms with Crippen LogP contribution in [0.4, 0.5) is 39.5 Å². The molecule has 0 fully saturated rings. The van der Waals surface area contributed by atoms with Crippen LogP contribution in [0.25, 0.3) is 11.0 Å². The number of halogens is 13. The lowest BCUT2D eigenvalue weighted by molar-refractivity contribution is -0.400. The highest BCUT2D eigenvalue weighted by Crippen LogP contribution is 2.56. The average molecular weight is 652 g/mol. The van der Waals surface area contributed by atoms with Gasteiger partial charge in [0.05, 0.1) is 14.5 Å². The van der Waals surface area contributed by atoms with E-state index >= 15 is 0 Å². The van der Waals surface area contributed by atoms with Crippen LogP contribution in [0.3, 0.4) is 0 Å². The summed E-state index contributed by atoms with van der Waals surface area (Å²) in [5, 5.41) is 0. The summed E-state index contributed by atoms with van der Waals surface area (Å²) in [4.78, 5) is 4.77. The molecular formula is C11HBr4F9N2. The van der Waals surface area contributed by atoms with Crippen LogP contribution in [0.1, 0.15) is 5.82 Å². The molecule has 2 aromatic rings. The van der Waals surface area contributed by atoms with E-state index < -0.39 is 35.3 Å². The largest absolute Gasteiger partial charge is 0.460 e. The SMILES string of the molecule is FC(F)(F)C(F)(F)C(F)(F)C(F)(F)c1nc2c(Br)c(Br)c(Br)c(Br)c2[nH]1. The number of hydrogen-bond donors (Lipinski definition) is 1. The van der Waals surface area contributed by atoms with E-state index in [4.69, 9.17) is 0 Å². The van der Waals surface area contributed by atoms with E-state index in [1.165, 1.54) is 0 Å². The van der Waals surface area contributed by atoms with Crippen molar-refractivity contribution in [2.24, 2.45) is 0 Å². The van der Waals surface area contributed by atoms with Gasteiger partial charge >= 0.3 is 23.9 Å². The summed E-state index contributed by atoms with van der Waals surface area (Å²) < 4.78 is 118. The molecule has 0 amide bonds. The molecule has 0 unspecified atom stereocenters. The second-order valence-electron chi connectivity index (χ2n) is 4.79. The van der Waals surface area contributed by atoms with Gasteiger partial charge in [-0.3, -0.25) is 0 Å². The van der Waals surface area contributed by atoms with Crippen LogP contribution in [0.2, 0.25) is 0 Å². The number of nitrogens with zero attached hydrogens (tertiary/aromatic N) is 1. The van der Waals surface area contributed by atoms with Gasteiger partial charge in [-0.2, -0.15) is 39.5 Å². The summed E-state index contributed by atoms with van der Waals surface area (Å²) in [5.41, 5.74) is -0.750. The monoisotopic (exact) mass is 648 g/mol. The topological polar surface area (TPSA) is 28.7 Å². The van der Waals surface area contributed by atoms with Crippen LogP contribution < -0.4 is 0 Å². The maximum atomic E-state index is 14.0. The van der Waals surface area contributed by atoms with Gasteiger partial charge in [0, 0.05) is 8.95 Å². The van der Waals surface area contributed by atoms with Gasteiger partial charge in [-0.05, 0) is 63.7 Å². The van der Waals surface area contributed by atoms with Crippen molar-refractivity contribution in [2.75, 3.05) is 0 Å². The Morgan fingerprint density at radius 2 is 1.12 bits per heavy atom. The first kappa shape index (κ1) is 22.3. The summed E-state index contributed by atoms with van der Waals surface area (Å²) in [7, 11) is 0. The normalized spacial score (nSPS) is 14.3. The van der Waals surface area contributed by atoms with E-state index in [0.29, 0.717) is 0 Å². The summed E-state index contributed by atoms with van der Waals surface area (Å²) in [6.45, 7) is 0. The van der Waals surface area contributed by atoms with Gasteiger partial charge < -0.3 is 4.98 Å². The predicted molar refractivity (Wildman–Crippen MR) is 86.7 cm³/mol. The Labute approximate surface area is 171 Å². The summed E-state index contributed by atoms with van der Waals surface area (Å²) in [6.07, 6.45) is -6.90. The number of aromatic nitrogens is 2. The number of fused-ring (bicyclic) bond motifs is 1. The van der Waals surface area contributed by atoms with E-state index in [0.717, 1.165) is 0 Å². The molecule has 0 aliphatic carbocycles. The first-order valence-electron chi connectivity index (χ1n) is 5.90. The molecule has 0 saturated carbocycles. The van der Waals surface area contributed by atoms with E-state index in [1.54, 1.807) is 4.98 Å². The van der Waals surface area contributed by atoms with Gasteiger partial charge in [0.25, 0.3) is 0 Å². The van der Waals surface area contributed by atoms with E-state index in [-0.39, 0.29) is 23.4 Å². The zero-order valence-electron chi connectivity index (χ0n) is 11.4. The molecule has 15 heteroatoms. The van der Waals surface area contributed by atoms with Gasteiger partial charge in [-0.15, -0.1) is 0 Å². The van der Waals surface area contributed by atoms with Crippen molar-refractivity contribution in [3.8, 4) is 0 Å². The van der Waals surface area contributed by atoms with Gasteiger partial charge in [-0.1, -0.05) is 0 Å². The number of hydrogen-bond acceptors (Lipinski definition) is 1. The molecule has 0 spiro atoms. The van der Waals surface area contributed by atoms with Crippen molar-refractivity contribution in [3.63, 3.8) is 0 Å².